The zero-order valence-electron chi connectivity index (χ0n) is 8.49. The SMILES string of the molecule is NNC12CC(c3ccc(F)c(F)c3F)(C1)C2. The minimum Gasteiger partial charge on any atom is -0.271 e. The zero-order chi connectivity index (χ0) is 11.6. The number of rotatable bonds is 2. The first kappa shape index (κ1) is 10.1. The lowest BCUT2D eigenvalue weighted by atomic mass is 9.37. The van der Waals surface area contributed by atoms with Crippen molar-refractivity contribution in [2.45, 2.75) is 30.2 Å². The van der Waals surface area contributed by atoms with Gasteiger partial charge >= 0.3 is 0 Å². The molecule has 0 spiro atoms. The highest BCUT2D eigenvalue weighted by Crippen LogP contribution is 2.67. The molecule has 0 saturated heterocycles. The quantitative estimate of drug-likeness (QED) is 0.459. The summed E-state index contributed by atoms with van der Waals surface area (Å²) in [6, 6.07) is 2.32. The average Bonchev–Trinajstić information content (AvgIpc) is 2.14. The van der Waals surface area contributed by atoms with Crippen molar-refractivity contribution in [3.8, 4) is 0 Å². The van der Waals surface area contributed by atoms with E-state index in [0.717, 1.165) is 6.07 Å². The molecular weight excluding hydrogens is 217 g/mol. The number of nitrogens with two attached hydrogens (primary N) is 1. The van der Waals surface area contributed by atoms with E-state index in [1.54, 1.807) is 0 Å². The second-order valence-corrected chi connectivity index (χ2v) is 4.96. The lowest BCUT2D eigenvalue weighted by Crippen LogP contribution is -2.77. The van der Waals surface area contributed by atoms with Gasteiger partial charge in [-0.15, -0.1) is 0 Å². The van der Waals surface area contributed by atoms with Gasteiger partial charge in [-0.25, -0.2) is 13.2 Å². The van der Waals surface area contributed by atoms with Crippen molar-refractivity contribution in [2.75, 3.05) is 0 Å². The van der Waals surface area contributed by atoms with Crippen molar-refractivity contribution >= 4 is 0 Å². The summed E-state index contributed by atoms with van der Waals surface area (Å²) in [5.41, 5.74) is 2.55. The summed E-state index contributed by atoms with van der Waals surface area (Å²) in [5, 5.41) is 0. The van der Waals surface area contributed by atoms with Crippen LogP contribution >= 0.6 is 0 Å². The maximum atomic E-state index is 13.6. The monoisotopic (exact) mass is 228 g/mol. The molecule has 0 amide bonds. The number of benzene rings is 1. The van der Waals surface area contributed by atoms with Gasteiger partial charge in [-0.2, -0.15) is 0 Å². The van der Waals surface area contributed by atoms with Gasteiger partial charge in [-0.3, -0.25) is 11.3 Å². The highest BCUT2D eigenvalue weighted by atomic mass is 19.2. The molecule has 16 heavy (non-hydrogen) atoms. The van der Waals surface area contributed by atoms with Crippen LogP contribution in [0.3, 0.4) is 0 Å². The van der Waals surface area contributed by atoms with Crippen LogP contribution in [0.4, 0.5) is 13.2 Å². The topological polar surface area (TPSA) is 38.0 Å². The molecule has 3 N–H and O–H groups in total. The van der Waals surface area contributed by atoms with Gasteiger partial charge in [-0.05, 0) is 30.9 Å². The molecule has 86 valence electrons. The van der Waals surface area contributed by atoms with Crippen LogP contribution in [0.5, 0.6) is 0 Å². The Hall–Kier alpha value is -1.07. The van der Waals surface area contributed by atoms with Crippen LogP contribution in [0.25, 0.3) is 0 Å². The average molecular weight is 228 g/mol. The second-order valence-electron chi connectivity index (χ2n) is 4.96. The van der Waals surface area contributed by atoms with Gasteiger partial charge in [0.05, 0.1) is 0 Å². The van der Waals surface area contributed by atoms with Crippen LogP contribution in [-0.2, 0) is 5.41 Å². The molecule has 0 radical (unpaired) electrons. The molecule has 2 nitrogen and oxygen atoms in total. The van der Waals surface area contributed by atoms with Crippen molar-refractivity contribution in [1.82, 2.24) is 5.43 Å². The van der Waals surface area contributed by atoms with E-state index in [-0.39, 0.29) is 16.5 Å². The Morgan fingerprint density at radius 1 is 1.06 bits per heavy atom. The Labute approximate surface area is 90.6 Å². The standard InChI is InChI=1S/C11H11F3N2/c12-7-2-1-6(8(13)9(7)14)10-3-11(4-10,5-10)16-15/h1-2,16H,3-5,15H2. The van der Waals surface area contributed by atoms with Gasteiger partial charge in [0, 0.05) is 11.0 Å². The Bertz CT molecular complexity index is 453. The molecule has 4 rings (SSSR count). The maximum absolute atomic E-state index is 13.6. The molecule has 5 heteroatoms. The second kappa shape index (κ2) is 2.78. The van der Waals surface area contributed by atoms with Crippen LogP contribution in [0, 0.1) is 17.5 Å². The van der Waals surface area contributed by atoms with Gasteiger partial charge in [0.2, 0.25) is 0 Å². The molecular formula is C11H11F3N2. The van der Waals surface area contributed by atoms with Crippen molar-refractivity contribution in [2.24, 2.45) is 5.84 Å². The van der Waals surface area contributed by atoms with Gasteiger partial charge in [0.1, 0.15) is 0 Å². The van der Waals surface area contributed by atoms with E-state index in [0.29, 0.717) is 19.3 Å². The number of hydrazine groups is 1. The van der Waals surface area contributed by atoms with Crippen molar-refractivity contribution in [3.05, 3.63) is 35.1 Å². The molecule has 0 aromatic heterocycles. The summed E-state index contributed by atoms with van der Waals surface area (Å²) < 4.78 is 39.4. The summed E-state index contributed by atoms with van der Waals surface area (Å²) in [6.45, 7) is 0. The van der Waals surface area contributed by atoms with Gasteiger partial charge in [0.25, 0.3) is 0 Å². The fourth-order valence-corrected chi connectivity index (χ4v) is 3.16. The minimum atomic E-state index is -1.38. The zero-order valence-corrected chi connectivity index (χ0v) is 8.49. The molecule has 0 heterocycles. The van der Waals surface area contributed by atoms with E-state index in [2.05, 4.69) is 5.43 Å². The van der Waals surface area contributed by atoms with Crippen LogP contribution in [0.2, 0.25) is 0 Å². The Balaban J connectivity index is 1.96. The van der Waals surface area contributed by atoms with E-state index >= 15 is 0 Å². The fraction of sp³-hybridized carbons (Fsp3) is 0.455. The molecule has 0 aliphatic heterocycles. The molecule has 2 bridgehead atoms. The van der Waals surface area contributed by atoms with Crippen molar-refractivity contribution < 1.29 is 13.2 Å². The summed E-state index contributed by atoms with van der Waals surface area (Å²) in [4.78, 5) is 0. The third-order valence-electron chi connectivity index (χ3n) is 3.94. The predicted octanol–water partition coefficient (Wildman–Crippen LogP) is 1.74. The third kappa shape index (κ3) is 0.999. The van der Waals surface area contributed by atoms with E-state index in [1.165, 1.54) is 6.07 Å². The molecule has 0 unspecified atom stereocenters. The maximum Gasteiger partial charge on any atom is 0.194 e. The fourth-order valence-electron chi connectivity index (χ4n) is 3.16. The van der Waals surface area contributed by atoms with Crippen molar-refractivity contribution in [1.29, 1.82) is 0 Å². The first-order chi connectivity index (χ1) is 7.52. The third-order valence-corrected chi connectivity index (χ3v) is 3.94. The molecule has 0 atom stereocenters. The number of hydrogen-bond donors (Lipinski definition) is 2. The van der Waals surface area contributed by atoms with Crippen LogP contribution in [0.1, 0.15) is 24.8 Å². The van der Waals surface area contributed by atoms with Crippen LogP contribution in [-0.4, -0.2) is 5.54 Å². The van der Waals surface area contributed by atoms with Crippen molar-refractivity contribution in [3.63, 3.8) is 0 Å². The highest BCUT2D eigenvalue weighted by Gasteiger charge is 2.68. The first-order valence-corrected chi connectivity index (χ1v) is 5.14. The molecule has 3 aliphatic rings. The molecule has 1 aromatic rings. The van der Waals surface area contributed by atoms with E-state index in [1.807, 2.05) is 0 Å². The summed E-state index contributed by atoms with van der Waals surface area (Å²) in [5.74, 6) is 1.79. The highest BCUT2D eigenvalue weighted by molar-refractivity contribution is 5.42. The number of nitrogens with one attached hydrogen (secondary N) is 1. The van der Waals surface area contributed by atoms with Crippen LogP contribution in [0.15, 0.2) is 12.1 Å². The van der Waals surface area contributed by atoms with E-state index in [4.69, 9.17) is 5.84 Å². The van der Waals surface area contributed by atoms with Gasteiger partial charge in [-0.1, -0.05) is 6.07 Å². The molecule has 3 aliphatic carbocycles. The smallest absolute Gasteiger partial charge is 0.194 e. The molecule has 1 aromatic carbocycles. The Morgan fingerprint density at radius 3 is 2.25 bits per heavy atom. The summed E-state index contributed by atoms with van der Waals surface area (Å²) >= 11 is 0. The number of hydrogen-bond acceptors (Lipinski definition) is 2. The first-order valence-electron chi connectivity index (χ1n) is 5.14. The van der Waals surface area contributed by atoms with Gasteiger partial charge < -0.3 is 0 Å². The lowest BCUT2D eigenvalue weighted by Gasteiger charge is -2.70. The number of halogens is 3. The van der Waals surface area contributed by atoms with Crippen LogP contribution < -0.4 is 11.3 Å². The summed E-state index contributed by atoms with van der Waals surface area (Å²) in [7, 11) is 0. The minimum absolute atomic E-state index is 0.0999. The Morgan fingerprint density at radius 2 is 1.69 bits per heavy atom. The normalized spacial score (nSPS) is 35.5. The van der Waals surface area contributed by atoms with Gasteiger partial charge in [0.15, 0.2) is 17.5 Å². The van der Waals surface area contributed by atoms with E-state index < -0.39 is 17.5 Å². The Kier molecular flexibility index (Phi) is 1.76. The predicted molar refractivity (Wildman–Crippen MR) is 51.9 cm³/mol. The molecule has 3 fully saturated rings. The summed E-state index contributed by atoms with van der Waals surface area (Å²) in [6.07, 6.45) is 2.08. The molecule has 3 saturated carbocycles. The largest absolute Gasteiger partial charge is 0.271 e. The van der Waals surface area contributed by atoms with E-state index in [9.17, 15) is 13.2 Å². The lowest BCUT2D eigenvalue weighted by molar-refractivity contribution is -0.0905.